The summed E-state index contributed by atoms with van der Waals surface area (Å²) in [5.74, 6) is 2.21. The number of rotatable bonds is 9. The van der Waals surface area contributed by atoms with Gasteiger partial charge in [-0.25, -0.2) is 0 Å². The third kappa shape index (κ3) is 5.81. The van der Waals surface area contributed by atoms with E-state index in [9.17, 15) is 4.79 Å². The third-order valence-corrected chi connectivity index (χ3v) is 4.27. The summed E-state index contributed by atoms with van der Waals surface area (Å²) >= 11 is 0. The number of carbonyl (C=O) groups excluding carboxylic acids is 1. The Balaban J connectivity index is 1.56. The number of benzene rings is 2. The molecule has 0 atom stereocenters. The summed E-state index contributed by atoms with van der Waals surface area (Å²) in [5.41, 5.74) is 2.24. The molecule has 0 spiro atoms. The lowest BCUT2D eigenvalue weighted by Gasteiger charge is -2.11. The van der Waals surface area contributed by atoms with Gasteiger partial charge in [0.25, 0.3) is 5.91 Å². The van der Waals surface area contributed by atoms with E-state index in [1.165, 1.54) is 0 Å². The maximum atomic E-state index is 12.5. The highest BCUT2D eigenvalue weighted by molar-refractivity contribution is 6.04. The molecular weight excluding hydrogens is 370 g/mol. The SMILES string of the molecule is CCCCOc1ccc(NC(=O)c2ccc(OCc3noc(C)n3)cc2)c(C)c1. The number of aromatic nitrogens is 2. The van der Waals surface area contributed by atoms with Gasteiger partial charge in [-0.05, 0) is 61.4 Å². The number of nitrogens with zero attached hydrogens (tertiary/aromatic N) is 2. The number of nitrogens with one attached hydrogen (secondary N) is 1. The first-order valence-electron chi connectivity index (χ1n) is 9.62. The van der Waals surface area contributed by atoms with Gasteiger partial charge < -0.3 is 19.3 Å². The fourth-order valence-corrected chi connectivity index (χ4v) is 2.65. The topological polar surface area (TPSA) is 86.5 Å². The molecule has 7 nitrogen and oxygen atoms in total. The van der Waals surface area contributed by atoms with E-state index < -0.39 is 0 Å². The standard InChI is InChI=1S/C22H25N3O4/c1-4-5-12-27-19-10-11-20(15(2)13-19)24-22(26)17-6-8-18(9-7-17)28-14-21-23-16(3)29-25-21/h6-11,13H,4-5,12,14H2,1-3H3,(H,24,26). The zero-order valence-electron chi connectivity index (χ0n) is 16.9. The minimum absolute atomic E-state index is 0.187. The van der Waals surface area contributed by atoms with Gasteiger partial charge in [-0.2, -0.15) is 4.98 Å². The molecule has 0 saturated heterocycles. The first kappa shape index (κ1) is 20.4. The molecule has 0 radical (unpaired) electrons. The summed E-state index contributed by atoms with van der Waals surface area (Å²) in [4.78, 5) is 16.6. The van der Waals surface area contributed by atoms with E-state index in [-0.39, 0.29) is 12.5 Å². The normalized spacial score (nSPS) is 10.6. The predicted octanol–water partition coefficient (Wildman–Crippen LogP) is 4.70. The zero-order chi connectivity index (χ0) is 20.6. The van der Waals surface area contributed by atoms with Crippen LogP contribution in [0.2, 0.25) is 0 Å². The summed E-state index contributed by atoms with van der Waals surface area (Å²) in [6.07, 6.45) is 2.11. The molecule has 152 valence electrons. The molecule has 1 amide bonds. The van der Waals surface area contributed by atoms with Crippen molar-refractivity contribution in [1.82, 2.24) is 10.1 Å². The average molecular weight is 395 g/mol. The van der Waals surface area contributed by atoms with Gasteiger partial charge in [0.15, 0.2) is 6.61 Å². The van der Waals surface area contributed by atoms with Crippen LogP contribution >= 0.6 is 0 Å². The summed E-state index contributed by atoms with van der Waals surface area (Å²) in [6, 6.07) is 12.6. The van der Waals surface area contributed by atoms with Crippen molar-refractivity contribution < 1.29 is 18.8 Å². The molecule has 29 heavy (non-hydrogen) atoms. The van der Waals surface area contributed by atoms with Crippen LogP contribution in [-0.2, 0) is 6.61 Å². The smallest absolute Gasteiger partial charge is 0.255 e. The number of ether oxygens (including phenoxy) is 2. The maximum Gasteiger partial charge on any atom is 0.255 e. The van der Waals surface area contributed by atoms with Gasteiger partial charge in [-0.1, -0.05) is 18.5 Å². The Labute approximate surface area is 170 Å². The van der Waals surface area contributed by atoms with Crippen LogP contribution in [0.4, 0.5) is 5.69 Å². The molecule has 0 saturated carbocycles. The van der Waals surface area contributed by atoms with Crippen LogP contribution in [0.1, 0.15) is 47.4 Å². The minimum atomic E-state index is -0.187. The molecule has 2 aromatic carbocycles. The number of anilines is 1. The van der Waals surface area contributed by atoms with Gasteiger partial charge in [0.2, 0.25) is 11.7 Å². The molecule has 1 N–H and O–H groups in total. The summed E-state index contributed by atoms with van der Waals surface area (Å²) in [6.45, 7) is 6.69. The van der Waals surface area contributed by atoms with Gasteiger partial charge >= 0.3 is 0 Å². The minimum Gasteiger partial charge on any atom is -0.494 e. The van der Waals surface area contributed by atoms with Crippen LogP contribution in [0.25, 0.3) is 0 Å². The van der Waals surface area contributed by atoms with Crippen molar-refractivity contribution in [3.8, 4) is 11.5 Å². The highest BCUT2D eigenvalue weighted by Crippen LogP contribution is 2.23. The average Bonchev–Trinajstić information content (AvgIpc) is 3.14. The molecule has 3 rings (SSSR count). The van der Waals surface area contributed by atoms with Crippen LogP contribution in [-0.4, -0.2) is 22.7 Å². The Bertz CT molecular complexity index is 951. The summed E-state index contributed by atoms with van der Waals surface area (Å²) in [5, 5.41) is 6.71. The van der Waals surface area contributed by atoms with Gasteiger partial charge in [-0.3, -0.25) is 4.79 Å². The van der Waals surface area contributed by atoms with E-state index in [4.69, 9.17) is 14.0 Å². The quantitative estimate of drug-likeness (QED) is 0.529. The van der Waals surface area contributed by atoms with Crippen molar-refractivity contribution >= 4 is 11.6 Å². The molecule has 7 heteroatoms. The van der Waals surface area contributed by atoms with Crippen molar-refractivity contribution in [2.24, 2.45) is 0 Å². The third-order valence-electron chi connectivity index (χ3n) is 4.27. The van der Waals surface area contributed by atoms with Gasteiger partial charge in [-0.15, -0.1) is 0 Å². The Hall–Kier alpha value is -3.35. The number of amides is 1. The number of unbranched alkanes of at least 4 members (excludes halogenated alkanes) is 1. The lowest BCUT2D eigenvalue weighted by Crippen LogP contribution is -2.12. The van der Waals surface area contributed by atoms with Crippen molar-refractivity contribution in [3.63, 3.8) is 0 Å². The largest absolute Gasteiger partial charge is 0.494 e. The van der Waals surface area contributed by atoms with Crippen molar-refractivity contribution in [2.75, 3.05) is 11.9 Å². The van der Waals surface area contributed by atoms with Gasteiger partial charge in [0.1, 0.15) is 11.5 Å². The van der Waals surface area contributed by atoms with Crippen molar-refractivity contribution in [1.29, 1.82) is 0 Å². The first-order chi connectivity index (χ1) is 14.0. The van der Waals surface area contributed by atoms with E-state index in [1.807, 2.05) is 25.1 Å². The molecule has 0 unspecified atom stereocenters. The molecule has 0 aliphatic rings. The van der Waals surface area contributed by atoms with Crippen LogP contribution < -0.4 is 14.8 Å². The number of hydrogen-bond donors (Lipinski definition) is 1. The molecule has 0 bridgehead atoms. The van der Waals surface area contributed by atoms with Gasteiger partial charge in [0, 0.05) is 18.2 Å². The zero-order valence-corrected chi connectivity index (χ0v) is 16.9. The molecule has 0 aliphatic heterocycles. The number of carbonyl (C=O) groups is 1. The Morgan fingerprint density at radius 2 is 1.83 bits per heavy atom. The first-order valence-corrected chi connectivity index (χ1v) is 9.62. The van der Waals surface area contributed by atoms with Crippen LogP contribution in [0.5, 0.6) is 11.5 Å². The van der Waals surface area contributed by atoms with E-state index in [0.29, 0.717) is 29.6 Å². The predicted molar refractivity (Wildman–Crippen MR) is 109 cm³/mol. The van der Waals surface area contributed by atoms with Crippen LogP contribution in [0.3, 0.4) is 0 Å². The Morgan fingerprint density at radius 3 is 2.48 bits per heavy atom. The second-order valence-corrected chi connectivity index (χ2v) is 6.68. The van der Waals surface area contributed by atoms with Gasteiger partial charge in [0.05, 0.1) is 6.61 Å². The molecule has 1 aromatic heterocycles. The number of hydrogen-bond acceptors (Lipinski definition) is 6. The Kier molecular flexibility index (Phi) is 6.84. The Morgan fingerprint density at radius 1 is 1.07 bits per heavy atom. The van der Waals surface area contributed by atoms with Crippen molar-refractivity contribution in [3.05, 3.63) is 65.3 Å². The van der Waals surface area contributed by atoms with E-state index >= 15 is 0 Å². The highest BCUT2D eigenvalue weighted by Gasteiger charge is 2.10. The summed E-state index contributed by atoms with van der Waals surface area (Å²) < 4.78 is 16.2. The monoisotopic (exact) mass is 395 g/mol. The second kappa shape index (κ2) is 9.73. The fraction of sp³-hybridized carbons (Fsp3) is 0.318. The summed E-state index contributed by atoms with van der Waals surface area (Å²) in [7, 11) is 0. The molecule has 0 aliphatic carbocycles. The number of aryl methyl sites for hydroxylation is 2. The van der Waals surface area contributed by atoms with Crippen molar-refractivity contribution in [2.45, 2.75) is 40.2 Å². The molecule has 3 aromatic rings. The van der Waals surface area contributed by atoms with E-state index in [2.05, 4.69) is 22.4 Å². The lowest BCUT2D eigenvalue weighted by molar-refractivity contribution is 0.102. The molecular formula is C22H25N3O4. The second-order valence-electron chi connectivity index (χ2n) is 6.68. The maximum absolute atomic E-state index is 12.5. The van der Waals surface area contributed by atoms with Crippen LogP contribution in [0.15, 0.2) is 47.0 Å². The fourth-order valence-electron chi connectivity index (χ4n) is 2.65. The molecule has 0 fully saturated rings. The van der Waals surface area contributed by atoms with Crippen LogP contribution in [0, 0.1) is 13.8 Å². The lowest BCUT2D eigenvalue weighted by atomic mass is 10.1. The van der Waals surface area contributed by atoms with E-state index in [0.717, 1.165) is 29.8 Å². The van der Waals surface area contributed by atoms with E-state index in [1.54, 1.807) is 31.2 Å². The highest BCUT2D eigenvalue weighted by atomic mass is 16.5. The molecule has 1 heterocycles.